The molecular formula is C15H24N2O2. The van der Waals surface area contributed by atoms with E-state index in [0.717, 1.165) is 38.1 Å². The largest absolute Gasteiger partial charge is 0.493 e. The number of carbonyl (C=O) groups is 1. The third-order valence-electron chi connectivity index (χ3n) is 2.95. The van der Waals surface area contributed by atoms with Crippen molar-refractivity contribution in [3.05, 3.63) is 30.3 Å². The van der Waals surface area contributed by atoms with Gasteiger partial charge in [-0.25, -0.2) is 0 Å². The molecule has 0 aromatic heterocycles. The number of nitrogens with zero attached hydrogens (tertiary/aromatic N) is 1. The van der Waals surface area contributed by atoms with E-state index in [1.165, 1.54) is 0 Å². The first-order valence-electron chi connectivity index (χ1n) is 6.86. The zero-order valence-corrected chi connectivity index (χ0v) is 11.7. The maximum absolute atomic E-state index is 11.8. The molecule has 0 radical (unpaired) electrons. The summed E-state index contributed by atoms with van der Waals surface area (Å²) < 4.78 is 5.51. The van der Waals surface area contributed by atoms with Gasteiger partial charge in [0.25, 0.3) is 0 Å². The average Bonchev–Trinajstić information content (AvgIpc) is 2.44. The molecule has 0 aliphatic heterocycles. The molecule has 0 fully saturated rings. The van der Waals surface area contributed by atoms with Gasteiger partial charge < -0.3 is 15.4 Å². The van der Waals surface area contributed by atoms with E-state index < -0.39 is 0 Å². The number of para-hydroxylation sites is 1. The van der Waals surface area contributed by atoms with Crippen molar-refractivity contribution in [2.75, 3.05) is 26.7 Å². The first kappa shape index (κ1) is 15.5. The predicted octanol–water partition coefficient (Wildman–Crippen LogP) is 2.04. The molecule has 1 aromatic carbocycles. The maximum atomic E-state index is 11.8. The van der Waals surface area contributed by atoms with Gasteiger partial charge in [-0.2, -0.15) is 0 Å². The van der Waals surface area contributed by atoms with Crippen molar-refractivity contribution in [2.24, 2.45) is 5.73 Å². The second kappa shape index (κ2) is 9.39. The Labute approximate surface area is 115 Å². The molecule has 0 saturated heterocycles. The molecule has 0 unspecified atom stereocenters. The minimum atomic E-state index is 0.128. The van der Waals surface area contributed by atoms with Crippen LogP contribution in [-0.4, -0.2) is 37.6 Å². The fraction of sp³-hybridized carbons (Fsp3) is 0.533. The van der Waals surface area contributed by atoms with Gasteiger partial charge in [0.1, 0.15) is 5.75 Å². The number of hydrogen-bond acceptors (Lipinski definition) is 3. The summed E-state index contributed by atoms with van der Waals surface area (Å²) in [4.78, 5) is 13.6. The van der Waals surface area contributed by atoms with Crippen molar-refractivity contribution in [1.82, 2.24) is 4.90 Å². The quantitative estimate of drug-likeness (QED) is 0.694. The number of nitrogens with two attached hydrogens (primary N) is 1. The second-order valence-electron chi connectivity index (χ2n) is 4.58. The molecule has 0 aliphatic rings. The van der Waals surface area contributed by atoms with Crippen LogP contribution in [0.2, 0.25) is 0 Å². The predicted molar refractivity (Wildman–Crippen MR) is 77.1 cm³/mol. The molecule has 1 amide bonds. The van der Waals surface area contributed by atoms with E-state index in [2.05, 4.69) is 0 Å². The van der Waals surface area contributed by atoms with Gasteiger partial charge >= 0.3 is 0 Å². The number of amides is 1. The number of benzene rings is 1. The number of rotatable bonds is 9. The number of unbranched alkanes of at least 4 members (excludes halogenated alkanes) is 2. The van der Waals surface area contributed by atoms with Crippen LogP contribution in [-0.2, 0) is 4.79 Å². The van der Waals surface area contributed by atoms with E-state index in [0.29, 0.717) is 13.0 Å². The van der Waals surface area contributed by atoms with Crippen LogP contribution in [0, 0.1) is 0 Å². The molecule has 2 N–H and O–H groups in total. The zero-order chi connectivity index (χ0) is 13.9. The molecule has 1 aromatic rings. The van der Waals surface area contributed by atoms with Crippen LogP contribution in [0.25, 0.3) is 0 Å². The molecule has 0 bridgehead atoms. The van der Waals surface area contributed by atoms with Crippen molar-refractivity contribution >= 4 is 5.91 Å². The van der Waals surface area contributed by atoms with Crippen LogP contribution in [0.1, 0.15) is 25.7 Å². The second-order valence-corrected chi connectivity index (χ2v) is 4.58. The van der Waals surface area contributed by atoms with Crippen molar-refractivity contribution in [3.63, 3.8) is 0 Å². The van der Waals surface area contributed by atoms with Gasteiger partial charge in [-0.3, -0.25) is 4.79 Å². The minimum Gasteiger partial charge on any atom is -0.493 e. The number of hydrogen-bond donors (Lipinski definition) is 1. The van der Waals surface area contributed by atoms with E-state index >= 15 is 0 Å². The first-order valence-corrected chi connectivity index (χ1v) is 6.86. The summed E-state index contributed by atoms with van der Waals surface area (Å²) in [7, 11) is 1.84. The van der Waals surface area contributed by atoms with Crippen molar-refractivity contribution < 1.29 is 9.53 Å². The first-order chi connectivity index (χ1) is 9.24. The highest BCUT2D eigenvalue weighted by molar-refractivity contribution is 5.75. The lowest BCUT2D eigenvalue weighted by molar-refractivity contribution is -0.130. The Bertz CT molecular complexity index is 354. The topological polar surface area (TPSA) is 55.6 Å². The third kappa shape index (κ3) is 6.82. The number of ether oxygens (including phenoxy) is 1. The van der Waals surface area contributed by atoms with Crippen LogP contribution in [0.15, 0.2) is 30.3 Å². The van der Waals surface area contributed by atoms with E-state index in [4.69, 9.17) is 10.5 Å². The molecule has 1 rings (SSSR count). The molecule has 0 atom stereocenters. The lowest BCUT2D eigenvalue weighted by atomic mass is 10.2. The molecule has 0 saturated carbocycles. The molecule has 0 spiro atoms. The molecule has 19 heavy (non-hydrogen) atoms. The van der Waals surface area contributed by atoms with E-state index in [1.54, 1.807) is 4.90 Å². The summed E-state index contributed by atoms with van der Waals surface area (Å²) >= 11 is 0. The molecule has 4 heteroatoms. The Morgan fingerprint density at radius 2 is 1.95 bits per heavy atom. The van der Waals surface area contributed by atoms with Gasteiger partial charge in [0, 0.05) is 13.6 Å². The summed E-state index contributed by atoms with van der Waals surface area (Å²) in [5, 5.41) is 0. The van der Waals surface area contributed by atoms with Crippen LogP contribution in [0.4, 0.5) is 0 Å². The van der Waals surface area contributed by atoms with Crippen LogP contribution < -0.4 is 10.5 Å². The molecular weight excluding hydrogens is 240 g/mol. The lowest BCUT2D eigenvalue weighted by Crippen LogP contribution is -2.29. The third-order valence-corrected chi connectivity index (χ3v) is 2.95. The van der Waals surface area contributed by atoms with Crippen molar-refractivity contribution in [2.45, 2.75) is 25.7 Å². The minimum absolute atomic E-state index is 0.128. The average molecular weight is 264 g/mol. The smallest absolute Gasteiger partial charge is 0.225 e. The van der Waals surface area contributed by atoms with Gasteiger partial charge in [0.15, 0.2) is 0 Å². The van der Waals surface area contributed by atoms with Gasteiger partial charge in [-0.1, -0.05) is 24.6 Å². The van der Waals surface area contributed by atoms with Gasteiger partial charge in [0.05, 0.1) is 13.0 Å². The SMILES string of the molecule is CN(CCCCCN)C(=O)CCOc1ccccc1. The van der Waals surface area contributed by atoms with E-state index in [1.807, 2.05) is 37.4 Å². The standard InChI is InChI=1S/C15H24N2O2/c1-17(12-7-3-6-11-16)15(18)10-13-19-14-8-4-2-5-9-14/h2,4-5,8-9H,3,6-7,10-13,16H2,1H3. The molecule has 106 valence electrons. The van der Waals surface area contributed by atoms with E-state index in [9.17, 15) is 4.79 Å². The fourth-order valence-electron chi connectivity index (χ4n) is 1.76. The Kier molecular flexibility index (Phi) is 7.66. The Balaban J connectivity index is 2.13. The lowest BCUT2D eigenvalue weighted by Gasteiger charge is -2.17. The fourth-order valence-corrected chi connectivity index (χ4v) is 1.76. The van der Waals surface area contributed by atoms with Crippen molar-refractivity contribution in [1.29, 1.82) is 0 Å². The number of carbonyl (C=O) groups excluding carboxylic acids is 1. The van der Waals surface area contributed by atoms with Gasteiger partial charge in [-0.15, -0.1) is 0 Å². The Morgan fingerprint density at radius 1 is 1.21 bits per heavy atom. The van der Waals surface area contributed by atoms with Crippen molar-refractivity contribution in [3.8, 4) is 5.75 Å². The van der Waals surface area contributed by atoms with Gasteiger partial charge in [-0.05, 0) is 31.5 Å². The summed E-state index contributed by atoms with van der Waals surface area (Å²) in [5.41, 5.74) is 5.43. The maximum Gasteiger partial charge on any atom is 0.225 e. The molecule has 0 heterocycles. The highest BCUT2D eigenvalue weighted by Gasteiger charge is 2.08. The Morgan fingerprint density at radius 3 is 2.63 bits per heavy atom. The van der Waals surface area contributed by atoms with Gasteiger partial charge in [0.2, 0.25) is 5.91 Å². The molecule has 0 aliphatic carbocycles. The van der Waals surface area contributed by atoms with E-state index in [-0.39, 0.29) is 5.91 Å². The van der Waals surface area contributed by atoms with Crippen LogP contribution in [0.5, 0.6) is 5.75 Å². The highest BCUT2D eigenvalue weighted by Crippen LogP contribution is 2.08. The van der Waals surface area contributed by atoms with Crippen LogP contribution in [0.3, 0.4) is 0 Å². The highest BCUT2D eigenvalue weighted by atomic mass is 16.5. The summed E-state index contributed by atoms with van der Waals surface area (Å²) in [6.45, 7) is 1.95. The summed E-state index contributed by atoms with van der Waals surface area (Å²) in [6.07, 6.45) is 3.54. The monoisotopic (exact) mass is 264 g/mol. The molecule has 4 nitrogen and oxygen atoms in total. The van der Waals surface area contributed by atoms with Crippen LogP contribution >= 0.6 is 0 Å². The normalized spacial score (nSPS) is 10.2. The zero-order valence-electron chi connectivity index (χ0n) is 11.7. The Hall–Kier alpha value is -1.55. The summed E-state index contributed by atoms with van der Waals surface area (Å²) in [5.74, 6) is 0.935. The summed E-state index contributed by atoms with van der Waals surface area (Å²) in [6, 6.07) is 9.55.